The zero-order valence-electron chi connectivity index (χ0n) is 9.61. The second-order valence-corrected chi connectivity index (χ2v) is 3.48. The molecule has 0 radical (unpaired) electrons. The fourth-order valence-electron chi connectivity index (χ4n) is 1.23. The largest absolute Gasteiger partial charge is 0.493 e. The Morgan fingerprint density at radius 1 is 1.53 bits per heavy atom. The summed E-state index contributed by atoms with van der Waals surface area (Å²) in [6.45, 7) is 0.832. The van der Waals surface area contributed by atoms with Crippen LogP contribution in [-0.2, 0) is 4.79 Å². The summed E-state index contributed by atoms with van der Waals surface area (Å²) in [6, 6.07) is 7.10. The molecule has 1 amide bonds. The van der Waals surface area contributed by atoms with Crippen molar-refractivity contribution >= 4 is 11.6 Å². The highest BCUT2D eigenvalue weighted by molar-refractivity contribution is 5.75. The third-order valence-corrected chi connectivity index (χ3v) is 2.05. The number of carbonyl (C=O) groups is 1. The van der Waals surface area contributed by atoms with E-state index in [0.717, 1.165) is 0 Å². The van der Waals surface area contributed by atoms with E-state index < -0.39 is 0 Å². The molecule has 0 spiro atoms. The van der Waals surface area contributed by atoms with E-state index in [1.807, 2.05) is 0 Å². The molecule has 0 aliphatic heterocycles. The number of nitrogens with two attached hydrogens (primary N) is 1. The lowest BCUT2D eigenvalue weighted by molar-refractivity contribution is -0.121. The van der Waals surface area contributed by atoms with Crippen LogP contribution < -0.4 is 15.8 Å². The zero-order chi connectivity index (χ0) is 12.5. The number of hydrogen-bond donors (Lipinski definition) is 2. The molecule has 0 bridgehead atoms. The molecule has 3 N–H and O–H groups in total. The summed E-state index contributed by atoms with van der Waals surface area (Å²) in [4.78, 5) is 11.3. The van der Waals surface area contributed by atoms with Gasteiger partial charge >= 0.3 is 0 Å². The van der Waals surface area contributed by atoms with Crippen LogP contribution in [0.25, 0.3) is 0 Å². The second-order valence-electron chi connectivity index (χ2n) is 3.48. The summed E-state index contributed by atoms with van der Waals surface area (Å²) in [5.74, 6) is 3.05. The maximum Gasteiger partial charge on any atom is 0.223 e. The number of terminal acetylenes is 1. The van der Waals surface area contributed by atoms with Crippen molar-refractivity contribution in [3.05, 3.63) is 24.3 Å². The van der Waals surface area contributed by atoms with E-state index in [2.05, 4.69) is 11.2 Å². The van der Waals surface area contributed by atoms with Crippen molar-refractivity contribution in [1.82, 2.24) is 5.32 Å². The Labute approximate surface area is 101 Å². The molecule has 0 aliphatic carbocycles. The van der Waals surface area contributed by atoms with E-state index >= 15 is 0 Å². The van der Waals surface area contributed by atoms with E-state index in [1.54, 1.807) is 24.3 Å². The smallest absolute Gasteiger partial charge is 0.223 e. The van der Waals surface area contributed by atoms with Crippen LogP contribution >= 0.6 is 0 Å². The minimum atomic E-state index is -0.0656. The number of nitrogen functional groups attached to an aromatic ring is 1. The maximum atomic E-state index is 11.3. The summed E-state index contributed by atoms with van der Waals surface area (Å²) in [6.07, 6.45) is 5.92. The van der Waals surface area contributed by atoms with Gasteiger partial charge in [-0.25, -0.2) is 0 Å². The van der Waals surface area contributed by atoms with Crippen molar-refractivity contribution in [2.45, 2.75) is 12.8 Å². The van der Waals surface area contributed by atoms with Gasteiger partial charge in [0.2, 0.25) is 5.91 Å². The second kappa shape index (κ2) is 7.18. The molecular formula is C13H16N2O2. The third-order valence-electron chi connectivity index (χ3n) is 2.05. The fraction of sp³-hybridized carbons (Fsp3) is 0.308. The highest BCUT2D eigenvalue weighted by atomic mass is 16.5. The van der Waals surface area contributed by atoms with Crippen molar-refractivity contribution < 1.29 is 9.53 Å². The van der Waals surface area contributed by atoms with Gasteiger partial charge in [0, 0.05) is 24.7 Å². The van der Waals surface area contributed by atoms with Gasteiger partial charge in [-0.1, -0.05) is 6.07 Å². The van der Waals surface area contributed by atoms with Crippen LogP contribution in [0.2, 0.25) is 0 Å². The van der Waals surface area contributed by atoms with Gasteiger partial charge in [-0.2, -0.15) is 0 Å². The van der Waals surface area contributed by atoms with Crippen LogP contribution in [0.4, 0.5) is 5.69 Å². The number of nitrogens with one attached hydrogen (secondary N) is 1. The van der Waals surface area contributed by atoms with Crippen molar-refractivity contribution in [3.8, 4) is 18.1 Å². The summed E-state index contributed by atoms with van der Waals surface area (Å²) in [5, 5.41) is 2.70. The van der Waals surface area contributed by atoms with Gasteiger partial charge in [0.15, 0.2) is 0 Å². The molecule has 0 fully saturated rings. The summed E-state index contributed by atoms with van der Waals surface area (Å²) >= 11 is 0. The van der Waals surface area contributed by atoms with Gasteiger partial charge in [0.05, 0.1) is 13.0 Å². The molecule has 1 aromatic carbocycles. The molecule has 1 rings (SSSR count). The van der Waals surface area contributed by atoms with Crippen LogP contribution in [0.5, 0.6) is 5.75 Å². The Bertz CT molecular complexity index is 410. The number of carbonyl (C=O) groups excluding carboxylic acids is 1. The highest BCUT2D eigenvalue weighted by Gasteiger charge is 2.01. The lowest BCUT2D eigenvalue weighted by Gasteiger charge is -2.06. The predicted molar refractivity (Wildman–Crippen MR) is 67.4 cm³/mol. The van der Waals surface area contributed by atoms with Gasteiger partial charge in [0.1, 0.15) is 5.75 Å². The number of ether oxygens (including phenoxy) is 1. The van der Waals surface area contributed by atoms with Gasteiger partial charge in [-0.15, -0.1) is 12.3 Å². The molecule has 0 heterocycles. The van der Waals surface area contributed by atoms with Gasteiger partial charge in [-0.05, 0) is 12.1 Å². The molecule has 90 valence electrons. The standard InChI is InChI=1S/C13H16N2O2/c1-2-3-8-15-13(16)7-9-17-12-6-4-5-11(14)10-12/h1,4-6,10H,3,7-9,14H2,(H,15,16). The van der Waals surface area contributed by atoms with E-state index in [4.69, 9.17) is 16.9 Å². The van der Waals surface area contributed by atoms with Gasteiger partial charge in [0.25, 0.3) is 0 Å². The molecule has 0 unspecified atom stereocenters. The highest BCUT2D eigenvalue weighted by Crippen LogP contribution is 2.14. The molecular weight excluding hydrogens is 216 g/mol. The van der Waals surface area contributed by atoms with Crippen LogP contribution in [-0.4, -0.2) is 19.1 Å². The van der Waals surface area contributed by atoms with E-state index in [-0.39, 0.29) is 5.91 Å². The van der Waals surface area contributed by atoms with E-state index in [0.29, 0.717) is 37.4 Å². The first-order chi connectivity index (χ1) is 8.22. The molecule has 1 aromatic rings. The monoisotopic (exact) mass is 232 g/mol. The third kappa shape index (κ3) is 5.47. The minimum Gasteiger partial charge on any atom is -0.493 e. The quantitative estimate of drug-likeness (QED) is 0.440. The molecule has 4 nitrogen and oxygen atoms in total. The van der Waals surface area contributed by atoms with Crippen LogP contribution in [0.1, 0.15) is 12.8 Å². The number of rotatable bonds is 6. The minimum absolute atomic E-state index is 0.0656. The maximum absolute atomic E-state index is 11.3. The van der Waals surface area contributed by atoms with Gasteiger partial charge in [-0.3, -0.25) is 4.79 Å². The van der Waals surface area contributed by atoms with Crippen LogP contribution in [0, 0.1) is 12.3 Å². The van der Waals surface area contributed by atoms with Crippen LogP contribution in [0.15, 0.2) is 24.3 Å². The first-order valence-corrected chi connectivity index (χ1v) is 5.41. The molecule has 0 atom stereocenters. The van der Waals surface area contributed by atoms with Gasteiger partial charge < -0.3 is 15.8 Å². The topological polar surface area (TPSA) is 64.3 Å². The fourth-order valence-corrected chi connectivity index (χ4v) is 1.23. The van der Waals surface area contributed by atoms with Crippen molar-refractivity contribution in [1.29, 1.82) is 0 Å². The van der Waals surface area contributed by atoms with Crippen LogP contribution in [0.3, 0.4) is 0 Å². The van der Waals surface area contributed by atoms with Crippen molar-refractivity contribution in [2.75, 3.05) is 18.9 Å². The Kier molecular flexibility index (Phi) is 5.45. The zero-order valence-corrected chi connectivity index (χ0v) is 9.61. The van der Waals surface area contributed by atoms with E-state index in [1.165, 1.54) is 0 Å². The lowest BCUT2D eigenvalue weighted by Crippen LogP contribution is -2.25. The van der Waals surface area contributed by atoms with E-state index in [9.17, 15) is 4.79 Å². The number of amides is 1. The molecule has 0 aromatic heterocycles. The SMILES string of the molecule is C#CCCNC(=O)CCOc1cccc(N)c1. The van der Waals surface area contributed by atoms with Crippen molar-refractivity contribution in [2.24, 2.45) is 0 Å². The Balaban J connectivity index is 2.19. The molecule has 4 heteroatoms. The summed E-state index contributed by atoms with van der Waals surface area (Å²) in [7, 11) is 0. The average Bonchev–Trinajstić information content (AvgIpc) is 2.29. The average molecular weight is 232 g/mol. The predicted octanol–water partition coefficient (Wildman–Crippen LogP) is 1.18. The normalized spacial score (nSPS) is 9.35. The first-order valence-electron chi connectivity index (χ1n) is 5.41. The summed E-state index contributed by atoms with van der Waals surface area (Å²) in [5.41, 5.74) is 6.23. The number of hydrogen-bond acceptors (Lipinski definition) is 3. The van der Waals surface area contributed by atoms with Crippen molar-refractivity contribution in [3.63, 3.8) is 0 Å². The lowest BCUT2D eigenvalue weighted by atomic mass is 10.3. The Hall–Kier alpha value is -2.15. The Morgan fingerprint density at radius 2 is 2.35 bits per heavy atom. The number of anilines is 1. The molecule has 0 saturated heterocycles. The summed E-state index contributed by atoms with van der Waals surface area (Å²) < 4.78 is 5.38. The first kappa shape index (κ1) is 12.9. The number of benzene rings is 1. The molecule has 0 saturated carbocycles. The molecule has 0 aliphatic rings. The Morgan fingerprint density at radius 3 is 3.06 bits per heavy atom. The molecule has 17 heavy (non-hydrogen) atoms.